The minimum absolute atomic E-state index is 0.0269. The zero-order valence-corrected chi connectivity index (χ0v) is 12.5. The van der Waals surface area contributed by atoms with E-state index in [0.29, 0.717) is 10.9 Å². The third-order valence-corrected chi connectivity index (χ3v) is 3.25. The normalized spacial score (nSPS) is 10.5. The van der Waals surface area contributed by atoms with Gasteiger partial charge in [0.2, 0.25) is 0 Å². The third-order valence-electron chi connectivity index (χ3n) is 3.25. The predicted molar refractivity (Wildman–Crippen MR) is 79.8 cm³/mol. The molecule has 0 bridgehead atoms. The Bertz CT molecular complexity index is 716. The van der Waals surface area contributed by atoms with Gasteiger partial charge in [-0.15, -0.1) is 0 Å². The van der Waals surface area contributed by atoms with Crippen molar-refractivity contribution < 1.29 is 23.9 Å². The van der Waals surface area contributed by atoms with Crippen molar-refractivity contribution in [2.75, 3.05) is 13.7 Å². The number of fused-ring (bicyclic) bond motifs is 1. The molecule has 1 N–H and O–H groups in total. The predicted octanol–water partition coefficient (Wildman–Crippen LogP) is 2.48. The van der Waals surface area contributed by atoms with Crippen LogP contribution in [-0.2, 0) is 14.3 Å². The summed E-state index contributed by atoms with van der Waals surface area (Å²) in [5.74, 6) is -1.35. The monoisotopic (exact) mass is 303 g/mol. The van der Waals surface area contributed by atoms with Gasteiger partial charge >= 0.3 is 11.9 Å². The van der Waals surface area contributed by atoms with E-state index in [1.54, 1.807) is 31.2 Å². The topological polar surface area (TPSA) is 85.5 Å². The highest BCUT2D eigenvalue weighted by atomic mass is 16.5. The molecule has 0 saturated heterocycles. The Morgan fingerprint density at radius 3 is 2.55 bits per heavy atom. The van der Waals surface area contributed by atoms with Gasteiger partial charge in [-0.1, -0.05) is 18.2 Å². The fraction of sp³-hybridized carbons (Fsp3) is 0.312. The van der Waals surface area contributed by atoms with Crippen LogP contribution in [0.5, 0.6) is 0 Å². The SMILES string of the molecule is CCOC(=O)c1[nH]c2ccccc2c1C(=O)CCC(=O)OC. The van der Waals surface area contributed by atoms with Gasteiger partial charge in [0.05, 0.1) is 25.7 Å². The van der Waals surface area contributed by atoms with E-state index in [1.165, 1.54) is 7.11 Å². The molecule has 2 aromatic rings. The lowest BCUT2D eigenvalue weighted by molar-refractivity contribution is -0.140. The summed E-state index contributed by atoms with van der Waals surface area (Å²) in [4.78, 5) is 38.6. The quantitative estimate of drug-likeness (QED) is 0.654. The molecule has 0 fully saturated rings. The Balaban J connectivity index is 2.40. The molecule has 0 atom stereocenters. The van der Waals surface area contributed by atoms with E-state index < -0.39 is 11.9 Å². The molecule has 6 heteroatoms. The minimum Gasteiger partial charge on any atom is -0.469 e. The average Bonchev–Trinajstić information content (AvgIpc) is 2.92. The molecule has 22 heavy (non-hydrogen) atoms. The molecule has 0 saturated carbocycles. The van der Waals surface area contributed by atoms with E-state index in [1.807, 2.05) is 0 Å². The van der Waals surface area contributed by atoms with E-state index in [4.69, 9.17) is 4.74 Å². The average molecular weight is 303 g/mol. The number of hydrogen-bond donors (Lipinski definition) is 1. The summed E-state index contributed by atoms with van der Waals surface area (Å²) in [6.07, 6.45) is -0.0575. The van der Waals surface area contributed by atoms with Crippen LogP contribution in [0.25, 0.3) is 10.9 Å². The zero-order chi connectivity index (χ0) is 16.1. The molecule has 0 aliphatic heterocycles. The molecule has 1 aromatic carbocycles. The second-order valence-corrected chi connectivity index (χ2v) is 4.64. The molecule has 1 aromatic heterocycles. The van der Waals surface area contributed by atoms with Gasteiger partial charge in [0, 0.05) is 17.3 Å². The Morgan fingerprint density at radius 1 is 1.14 bits per heavy atom. The van der Waals surface area contributed by atoms with Gasteiger partial charge in [0.1, 0.15) is 5.69 Å². The lowest BCUT2D eigenvalue weighted by Crippen LogP contribution is -2.12. The molecule has 116 valence electrons. The first-order valence-electron chi connectivity index (χ1n) is 6.96. The van der Waals surface area contributed by atoms with Crippen LogP contribution in [0.15, 0.2) is 24.3 Å². The smallest absolute Gasteiger partial charge is 0.355 e. The summed E-state index contributed by atoms with van der Waals surface area (Å²) in [5.41, 5.74) is 1.06. The molecule has 0 spiro atoms. The van der Waals surface area contributed by atoms with Crippen LogP contribution in [0.1, 0.15) is 40.6 Å². The Morgan fingerprint density at radius 2 is 1.86 bits per heavy atom. The van der Waals surface area contributed by atoms with Crippen molar-refractivity contribution in [1.82, 2.24) is 4.98 Å². The molecular formula is C16H17NO5. The molecule has 0 aliphatic carbocycles. The van der Waals surface area contributed by atoms with Gasteiger partial charge in [-0.2, -0.15) is 0 Å². The van der Waals surface area contributed by atoms with E-state index in [-0.39, 0.29) is 36.5 Å². The number of carbonyl (C=O) groups is 3. The van der Waals surface area contributed by atoms with Crippen molar-refractivity contribution >= 4 is 28.6 Å². The summed E-state index contributed by atoms with van der Waals surface area (Å²) in [6.45, 7) is 1.91. The number of Topliss-reactive ketones (excluding diaryl/α,β-unsaturated/α-hetero) is 1. The van der Waals surface area contributed by atoms with Crippen LogP contribution in [0.3, 0.4) is 0 Å². The van der Waals surface area contributed by atoms with Crippen LogP contribution in [0.2, 0.25) is 0 Å². The van der Waals surface area contributed by atoms with Crippen molar-refractivity contribution in [2.24, 2.45) is 0 Å². The van der Waals surface area contributed by atoms with Crippen LogP contribution < -0.4 is 0 Å². The third kappa shape index (κ3) is 3.16. The fourth-order valence-electron chi connectivity index (χ4n) is 2.23. The fourth-order valence-corrected chi connectivity index (χ4v) is 2.23. The molecule has 6 nitrogen and oxygen atoms in total. The van der Waals surface area contributed by atoms with E-state index in [9.17, 15) is 14.4 Å². The number of ether oxygens (including phenoxy) is 2. The summed E-state index contributed by atoms with van der Waals surface area (Å²) in [7, 11) is 1.27. The maximum atomic E-state index is 12.4. The number of para-hydroxylation sites is 1. The lowest BCUT2D eigenvalue weighted by Gasteiger charge is -2.04. The van der Waals surface area contributed by atoms with Crippen molar-refractivity contribution in [3.63, 3.8) is 0 Å². The van der Waals surface area contributed by atoms with Gasteiger partial charge in [0.15, 0.2) is 5.78 Å². The standard InChI is InChI=1S/C16H17NO5/c1-3-22-16(20)15-14(12(18)8-9-13(19)21-2)10-6-4-5-7-11(10)17-15/h4-7,17H,3,8-9H2,1-2H3. The van der Waals surface area contributed by atoms with Crippen LogP contribution in [-0.4, -0.2) is 36.4 Å². The van der Waals surface area contributed by atoms with Gasteiger partial charge < -0.3 is 14.5 Å². The molecule has 2 rings (SSSR count). The van der Waals surface area contributed by atoms with Crippen LogP contribution in [0.4, 0.5) is 0 Å². The van der Waals surface area contributed by atoms with E-state index in [0.717, 1.165) is 0 Å². The number of rotatable bonds is 6. The highest BCUT2D eigenvalue weighted by Gasteiger charge is 2.24. The largest absolute Gasteiger partial charge is 0.469 e. The van der Waals surface area contributed by atoms with E-state index >= 15 is 0 Å². The van der Waals surface area contributed by atoms with Gasteiger partial charge in [-0.25, -0.2) is 4.79 Å². The molecule has 0 unspecified atom stereocenters. The summed E-state index contributed by atoms with van der Waals surface area (Å²) in [5, 5.41) is 0.639. The Kier molecular flexibility index (Phi) is 4.93. The number of methoxy groups -OCH3 is 1. The number of hydrogen-bond acceptors (Lipinski definition) is 5. The first-order valence-corrected chi connectivity index (χ1v) is 6.96. The number of aromatic nitrogens is 1. The lowest BCUT2D eigenvalue weighted by atomic mass is 10.0. The number of carbonyl (C=O) groups excluding carboxylic acids is 3. The van der Waals surface area contributed by atoms with Crippen molar-refractivity contribution in [3.05, 3.63) is 35.5 Å². The maximum absolute atomic E-state index is 12.4. The number of H-pyrrole nitrogens is 1. The van der Waals surface area contributed by atoms with Gasteiger partial charge in [-0.3, -0.25) is 9.59 Å². The molecule has 0 aliphatic rings. The zero-order valence-electron chi connectivity index (χ0n) is 12.5. The number of ketones is 1. The Hall–Kier alpha value is -2.63. The van der Waals surface area contributed by atoms with Gasteiger partial charge in [0.25, 0.3) is 0 Å². The highest BCUT2D eigenvalue weighted by molar-refractivity contribution is 6.15. The number of aromatic amines is 1. The van der Waals surface area contributed by atoms with Crippen molar-refractivity contribution in [2.45, 2.75) is 19.8 Å². The molecule has 0 radical (unpaired) electrons. The van der Waals surface area contributed by atoms with E-state index in [2.05, 4.69) is 9.72 Å². The summed E-state index contributed by atoms with van der Waals surface area (Å²) in [6, 6.07) is 7.10. The molecule has 1 heterocycles. The van der Waals surface area contributed by atoms with Crippen LogP contribution >= 0.6 is 0 Å². The first-order chi connectivity index (χ1) is 10.6. The number of nitrogens with one attached hydrogen (secondary N) is 1. The van der Waals surface area contributed by atoms with Crippen molar-refractivity contribution in [3.8, 4) is 0 Å². The molecule has 0 amide bonds. The summed E-state index contributed by atoms with van der Waals surface area (Å²) >= 11 is 0. The highest BCUT2D eigenvalue weighted by Crippen LogP contribution is 2.25. The Labute approximate surface area is 127 Å². The second-order valence-electron chi connectivity index (χ2n) is 4.64. The minimum atomic E-state index is -0.583. The maximum Gasteiger partial charge on any atom is 0.355 e. The summed E-state index contributed by atoms with van der Waals surface area (Å²) < 4.78 is 9.51. The number of benzene rings is 1. The van der Waals surface area contributed by atoms with Crippen LogP contribution in [0, 0.1) is 0 Å². The second kappa shape index (κ2) is 6.89. The first kappa shape index (κ1) is 15.8. The number of esters is 2. The molecular weight excluding hydrogens is 286 g/mol. The van der Waals surface area contributed by atoms with Crippen molar-refractivity contribution in [1.29, 1.82) is 0 Å². The van der Waals surface area contributed by atoms with Gasteiger partial charge in [-0.05, 0) is 13.0 Å².